The van der Waals surface area contributed by atoms with Crippen LogP contribution in [-0.4, -0.2) is 96.1 Å². The molecule has 0 aliphatic rings. The zero-order valence-electron chi connectivity index (χ0n) is 40.6. The van der Waals surface area contributed by atoms with Crippen molar-refractivity contribution in [1.82, 2.24) is 31.9 Å². The number of hydrogen-bond acceptors (Lipinski definition) is 6. The van der Waals surface area contributed by atoms with Crippen LogP contribution in [0.4, 0.5) is 0 Å². The summed E-state index contributed by atoms with van der Waals surface area (Å²) >= 11 is -9.74. The first kappa shape index (κ1) is 55.0. The quantitative estimate of drug-likeness (QED) is 0.0604. The van der Waals surface area contributed by atoms with E-state index in [1.54, 1.807) is 0 Å². The average Bonchev–Trinajstić information content (AvgIpc) is 3.43. The molecule has 0 aromatic heterocycles. The molecule has 6 amide bonds. The van der Waals surface area contributed by atoms with Crippen molar-refractivity contribution < 1.29 is 28.8 Å². The number of benzene rings is 7. The van der Waals surface area contributed by atoms with Gasteiger partial charge in [-0.1, -0.05) is 0 Å². The van der Waals surface area contributed by atoms with E-state index in [2.05, 4.69) is 89.6 Å². The van der Waals surface area contributed by atoms with Crippen LogP contribution in [0.3, 0.4) is 0 Å². The molecule has 6 N–H and O–H groups in total. The van der Waals surface area contributed by atoms with Gasteiger partial charge in [0.05, 0.1) is 0 Å². The molecule has 0 saturated heterocycles. The normalized spacial score (nSPS) is 10.6. The molecule has 75 heavy (non-hydrogen) atoms. The molecule has 12 nitrogen and oxygen atoms in total. The third kappa shape index (κ3) is 13.5. The molecule has 0 spiro atoms. The fourth-order valence-corrected chi connectivity index (χ4v) is 30.6. The van der Waals surface area contributed by atoms with E-state index in [1.807, 2.05) is 146 Å². The number of hydrogen-bond donors (Lipinski definition) is 6. The van der Waals surface area contributed by atoms with Crippen molar-refractivity contribution in [2.24, 2.45) is 0 Å². The van der Waals surface area contributed by atoms with Crippen LogP contribution in [0.15, 0.2) is 240 Å². The van der Waals surface area contributed by atoms with E-state index < -0.39 is 60.6 Å². The summed E-state index contributed by atoms with van der Waals surface area (Å²) in [5.74, 6) is -1.78. The first-order chi connectivity index (χ1) is 36.4. The molecule has 15 heteroatoms. The predicted octanol–water partition coefficient (Wildman–Crippen LogP) is 2.48. The Kier molecular flexibility index (Phi) is 19.4. The van der Waals surface area contributed by atoms with E-state index in [4.69, 9.17) is 0 Å². The average molecular weight is 1320 g/mol. The van der Waals surface area contributed by atoms with Gasteiger partial charge in [0.15, 0.2) is 0 Å². The summed E-state index contributed by atoms with van der Waals surface area (Å²) in [4.78, 5) is 78.3. The molecule has 0 saturated carbocycles. The molecule has 7 rings (SSSR count). The molecule has 0 aliphatic carbocycles. The Hall–Kier alpha value is -7.75. The molecule has 0 bridgehead atoms. The van der Waals surface area contributed by atoms with Gasteiger partial charge in [0.25, 0.3) is 0 Å². The summed E-state index contributed by atoms with van der Waals surface area (Å²) in [6.45, 7) is 22.0. The Morgan fingerprint density at radius 2 is 0.373 bits per heavy atom. The van der Waals surface area contributed by atoms with Crippen molar-refractivity contribution in [2.75, 3.05) is 0 Å². The van der Waals surface area contributed by atoms with Gasteiger partial charge in [0, 0.05) is 0 Å². The molecule has 7 aromatic rings. The van der Waals surface area contributed by atoms with Crippen molar-refractivity contribution in [1.29, 1.82) is 0 Å². The van der Waals surface area contributed by atoms with Crippen molar-refractivity contribution in [3.63, 3.8) is 0 Å². The first-order valence-corrected chi connectivity index (χ1v) is 34.6. The number of rotatable bonds is 21. The molecule has 372 valence electrons. The van der Waals surface area contributed by atoms with Crippen LogP contribution in [-0.2, 0) is 0 Å². The minimum absolute atomic E-state index is 0.296. The maximum atomic E-state index is 13.1. The molecular formula is C60H51N6O6Sb3. The monoisotopic (exact) mass is 1310 g/mol. The van der Waals surface area contributed by atoms with E-state index in [-0.39, 0.29) is 35.4 Å². The molecule has 0 radical (unpaired) electrons. The van der Waals surface area contributed by atoms with Crippen molar-refractivity contribution in [3.05, 3.63) is 274 Å². The van der Waals surface area contributed by atoms with Crippen LogP contribution in [0.5, 0.6) is 0 Å². The van der Waals surface area contributed by atoms with Gasteiger partial charge < -0.3 is 0 Å². The fourth-order valence-electron chi connectivity index (χ4n) is 7.94. The van der Waals surface area contributed by atoms with E-state index >= 15 is 0 Å². The topological polar surface area (TPSA) is 175 Å². The summed E-state index contributed by atoms with van der Waals surface area (Å²) in [7, 11) is 0. The molecule has 0 atom stereocenters. The van der Waals surface area contributed by atoms with Gasteiger partial charge in [0.1, 0.15) is 0 Å². The van der Waals surface area contributed by atoms with Gasteiger partial charge in [0.2, 0.25) is 0 Å². The Morgan fingerprint density at radius 1 is 0.240 bits per heavy atom. The van der Waals surface area contributed by atoms with Gasteiger partial charge >= 0.3 is 462 Å². The van der Waals surface area contributed by atoms with Crippen LogP contribution in [0.25, 0.3) is 0 Å². The predicted molar refractivity (Wildman–Crippen MR) is 305 cm³/mol. The summed E-state index contributed by atoms with van der Waals surface area (Å²) in [5.41, 5.74) is 2.75. The number of nitrogens with one attached hydrogen (secondary N) is 6. The van der Waals surface area contributed by atoms with Gasteiger partial charge in [-0.05, 0) is 0 Å². The summed E-state index contributed by atoms with van der Waals surface area (Å²) in [6, 6.07) is 52.7. The Labute approximate surface area is 458 Å². The number of carbonyl (C=O) groups is 6. The molecule has 0 aliphatic heterocycles. The van der Waals surface area contributed by atoms with Gasteiger partial charge in [-0.25, -0.2) is 0 Å². The fraction of sp³-hybridized carbons (Fsp3) is 0. The molecule has 0 unspecified atom stereocenters. The third-order valence-electron chi connectivity index (χ3n) is 11.4. The van der Waals surface area contributed by atoms with Crippen LogP contribution < -0.4 is 63.5 Å². The standard InChI is InChI=1S/6C9H8NO.C6H3.3Sb/c6*1-2-10-9(11)8-6-4-3-5-7-8;1-2-4-6-5-3-1;;;/h6*2,4-7H,1H2,(H,10,11);1,4-5H;;;. The number of amides is 6. The van der Waals surface area contributed by atoms with E-state index in [0.29, 0.717) is 33.4 Å². The zero-order chi connectivity index (χ0) is 53.4. The second-order valence-electron chi connectivity index (χ2n) is 16.1. The Balaban J connectivity index is 1.56. The molecular weight excluding hydrogens is 1270 g/mol. The SMILES string of the molecule is C=CNC(=O)c1cc[c]([Sb]([c]2ccc(C(=O)NC=C)cc2)[c]2c[c]([Sb]([c]3ccc(C(=O)NC=C)cc3)[c]3ccc(C(=O)NC=C)cc3)c[c]([Sb]([c]3ccc(C(=O)NC=C)cc3)[c]3ccc(C(=O)NC=C)cc3)c2)cc1. The van der Waals surface area contributed by atoms with E-state index in [1.165, 1.54) is 37.2 Å². The molecule has 0 fully saturated rings. The summed E-state index contributed by atoms with van der Waals surface area (Å²) in [5, 5.41) is 16.0. The second kappa shape index (κ2) is 26.5. The zero-order valence-corrected chi connectivity index (χ0v) is 48.2. The summed E-state index contributed by atoms with van der Waals surface area (Å²) < 4.78 is 9.51. The van der Waals surface area contributed by atoms with Crippen LogP contribution in [0.2, 0.25) is 0 Å². The third-order valence-corrected chi connectivity index (χ3v) is 32.0. The Morgan fingerprint density at radius 3 is 0.493 bits per heavy atom. The van der Waals surface area contributed by atoms with Crippen LogP contribution in [0.1, 0.15) is 62.1 Å². The van der Waals surface area contributed by atoms with Crippen LogP contribution >= 0.6 is 0 Å². The van der Waals surface area contributed by atoms with Crippen LogP contribution in [0, 0.1) is 0 Å². The summed E-state index contributed by atoms with van der Waals surface area (Å²) in [6.07, 6.45) is 8.07. The van der Waals surface area contributed by atoms with Gasteiger partial charge in [-0.3, -0.25) is 0 Å². The Bertz CT molecular complexity index is 2760. The minimum atomic E-state index is -3.25. The second-order valence-corrected chi connectivity index (χ2v) is 35.1. The van der Waals surface area contributed by atoms with Crippen molar-refractivity contribution >= 4 is 128 Å². The van der Waals surface area contributed by atoms with Gasteiger partial charge in [-0.15, -0.1) is 0 Å². The van der Waals surface area contributed by atoms with Crippen molar-refractivity contribution in [3.8, 4) is 0 Å². The molecule has 7 aromatic carbocycles. The first-order valence-electron chi connectivity index (χ1n) is 23.1. The number of carbonyl (C=O) groups excluding carboxylic acids is 6. The van der Waals surface area contributed by atoms with Crippen molar-refractivity contribution in [2.45, 2.75) is 0 Å². The van der Waals surface area contributed by atoms with E-state index in [0.717, 1.165) is 31.6 Å². The maximum absolute atomic E-state index is 13.1. The van der Waals surface area contributed by atoms with Gasteiger partial charge in [-0.2, -0.15) is 0 Å². The molecule has 0 heterocycles. The van der Waals surface area contributed by atoms with E-state index in [9.17, 15) is 28.8 Å².